The van der Waals surface area contributed by atoms with Crippen molar-refractivity contribution in [2.45, 2.75) is 17.1 Å². The van der Waals surface area contributed by atoms with Gasteiger partial charge in [-0.3, -0.25) is 4.79 Å². The van der Waals surface area contributed by atoms with Gasteiger partial charge in [0.15, 0.2) is 5.13 Å². The van der Waals surface area contributed by atoms with Crippen molar-refractivity contribution in [3.05, 3.63) is 40.7 Å². The number of para-hydroxylation sites is 1. The van der Waals surface area contributed by atoms with E-state index in [4.69, 9.17) is 11.6 Å². The average molecular weight is 442 g/mol. The van der Waals surface area contributed by atoms with Crippen molar-refractivity contribution >= 4 is 65.6 Å². The van der Waals surface area contributed by atoms with Crippen molar-refractivity contribution < 1.29 is 13.2 Å². The molecular weight excluding hydrogens is 426 g/mol. The smallest absolute Gasteiger partial charge is 0.252 e. The topological polar surface area (TPSA) is 79.4 Å². The lowest BCUT2D eigenvalue weighted by molar-refractivity contribution is -0.120. The minimum Gasteiger partial charge on any atom is -0.302 e. The number of carbonyl (C=O) groups is 1. The number of amides is 1. The molecule has 0 aliphatic carbocycles. The summed E-state index contributed by atoms with van der Waals surface area (Å²) in [7, 11) is -3.45. The Kier molecular flexibility index (Phi) is 5.21. The lowest BCUT2D eigenvalue weighted by atomic mass is 9.97. The molecule has 3 aromatic rings. The van der Waals surface area contributed by atoms with E-state index >= 15 is 0 Å². The van der Waals surface area contributed by atoms with Crippen molar-refractivity contribution in [1.82, 2.24) is 9.29 Å². The Labute approximate surface area is 169 Å². The number of nitrogens with one attached hydrogen (secondary N) is 1. The van der Waals surface area contributed by atoms with E-state index in [1.807, 2.05) is 12.1 Å². The number of fused-ring (bicyclic) bond motifs is 1. The van der Waals surface area contributed by atoms with Crippen molar-refractivity contribution in [2.24, 2.45) is 5.92 Å². The Balaban J connectivity index is 1.40. The highest BCUT2D eigenvalue weighted by molar-refractivity contribution is 7.91. The highest BCUT2D eigenvalue weighted by Gasteiger charge is 2.32. The second kappa shape index (κ2) is 7.48. The molecule has 2 aromatic heterocycles. The van der Waals surface area contributed by atoms with Gasteiger partial charge in [0.05, 0.1) is 9.72 Å². The first-order chi connectivity index (χ1) is 12.9. The largest absolute Gasteiger partial charge is 0.302 e. The molecule has 0 bridgehead atoms. The third-order valence-corrected chi connectivity index (χ3v) is 9.03. The van der Waals surface area contributed by atoms with Gasteiger partial charge >= 0.3 is 0 Å². The number of aromatic nitrogens is 1. The molecule has 1 aliphatic heterocycles. The molecule has 0 spiro atoms. The lowest BCUT2D eigenvalue weighted by Crippen LogP contribution is -2.41. The Morgan fingerprint density at radius 1 is 1.22 bits per heavy atom. The van der Waals surface area contributed by atoms with Gasteiger partial charge in [0.2, 0.25) is 5.91 Å². The maximum atomic E-state index is 12.6. The molecule has 1 saturated heterocycles. The molecule has 6 nitrogen and oxygen atoms in total. The maximum Gasteiger partial charge on any atom is 0.252 e. The first kappa shape index (κ1) is 18.8. The second-order valence-corrected chi connectivity index (χ2v) is 10.8. The fourth-order valence-corrected chi connectivity index (χ4v) is 6.85. The van der Waals surface area contributed by atoms with Crippen LogP contribution in [0.1, 0.15) is 12.8 Å². The SMILES string of the molecule is O=C(Nc1nc2c(Cl)cccc2s1)C1CCN(S(=O)(=O)c2cccs2)CC1. The zero-order valence-corrected chi connectivity index (χ0v) is 17.3. The quantitative estimate of drug-likeness (QED) is 0.662. The van der Waals surface area contributed by atoms with Crippen LogP contribution < -0.4 is 5.32 Å². The lowest BCUT2D eigenvalue weighted by Gasteiger charge is -2.29. The standard InChI is InChI=1S/C17H16ClN3O3S3/c18-12-3-1-4-13-15(12)19-17(26-13)20-16(22)11-6-8-21(9-7-11)27(23,24)14-5-2-10-25-14/h1-5,10-11H,6-9H2,(H,19,20,22). The zero-order valence-electron chi connectivity index (χ0n) is 14.1. The predicted octanol–water partition coefficient (Wildman–Crippen LogP) is 4.05. The molecule has 27 heavy (non-hydrogen) atoms. The monoisotopic (exact) mass is 441 g/mol. The van der Waals surface area contributed by atoms with Gasteiger partial charge in [0, 0.05) is 19.0 Å². The predicted molar refractivity (Wildman–Crippen MR) is 109 cm³/mol. The highest BCUT2D eigenvalue weighted by Crippen LogP contribution is 2.32. The van der Waals surface area contributed by atoms with E-state index in [1.165, 1.54) is 27.0 Å². The molecule has 1 fully saturated rings. The number of hydrogen-bond acceptors (Lipinski definition) is 6. The number of carbonyl (C=O) groups excluding carboxylic acids is 1. The average Bonchev–Trinajstić information content (AvgIpc) is 3.32. The molecule has 0 unspecified atom stereocenters. The van der Waals surface area contributed by atoms with E-state index in [0.717, 1.165) is 4.70 Å². The Hall–Kier alpha value is -1.52. The molecule has 1 amide bonds. The Morgan fingerprint density at radius 2 is 2.00 bits per heavy atom. The summed E-state index contributed by atoms with van der Waals surface area (Å²) in [5.74, 6) is -0.361. The summed E-state index contributed by atoms with van der Waals surface area (Å²) in [6, 6.07) is 8.85. The van der Waals surface area contributed by atoms with Gasteiger partial charge in [-0.25, -0.2) is 13.4 Å². The number of thiazole rings is 1. The van der Waals surface area contributed by atoms with Crippen LogP contribution in [0.5, 0.6) is 0 Å². The maximum absolute atomic E-state index is 12.6. The summed E-state index contributed by atoms with van der Waals surface area (Å²) in [6.07, 6.45) is 0.976. The highest BCUT2D eigenvalue weighted by atomic mass is 35.5. The van der Waals surface area contributed by atoms with Crippen LogP contribution in [0.25, 0.3) is 10.2 Å². The fraction of sp³-hybridized carbons (Fsp3) is 0.294. The van der Waals surface area contributed by atoms with E-state index in [9.17, 15) is 13.2 Å². The van der Waals surface area contributed by atoms with Crippen LogP contribution in [-0.2, 0) is 14.8 Å². The van der Waals surface area contributed by atoms with E-state index in [-0.39, 0.29) is 11.8 Å². The van der Waals surface area contributed by atoms with E-state index in [1.54, 1.807) is 23.6 Å². The summed E-state index contributed by atoms with van der Waals surface area (Å²) in [4.78, 5) is 17.0. The van der Waals surface area contributed by atoms with Gasteiger partial charge in [-0.05, 0) is 36.4 Å². The van der Waals surface area contributed by atoms with E-state index in [2.05, 4.69) is 10.3 Å². The van der Waals surface area contributed by atoms with Crippen LogP contribution in [-0.4, -0.2) is 36.7 Å². The van der Waals surface area contributed by atoms with Gasteiger partial charge in [-0.2, -0.15) is 4.31 Å². The summed E-state index contributed by atoms with van der Waals surface area (Å²) in [5.41, 5.74) is 0.677. The summed E-state index contributed by atoms with van der Waals surface area (Å²) in [6.45, 7) is 0.675. The minimum absolute atomic E-state index is 0.127. The van der Waals surface area contributed by atoms with E-state index < -0.39 is 10.0 Å². The zero-order chi connectivity index (χ0) is 19.0. The number of rotatable bonds is 4. The number of nitrogens with zero attached hydrogens (tertiary/aromatic N) is 2. The van der Waals surface area contributed by atoms with Crippen molar-refractivity contribution in [3.63, 3.8) is 0 Å². The van der Waals surface area contributed by atoms with Crippen LogP contribution in [0.15, 0.2) is 39.9 Å². The summed E-state index contributed by atoms with van der Waals surface area (Å²) in [5, 5.41) is 5.66. The molecule has 0 saturated carbocycles. The fourth-order valence-electron chi connectivity index (χ4n) is 3.07. The third kappa shape index (κ3) is 3.74. The molecule has 1 N–H and O–H groups in total. The molecular formula is C17H16ClN3O3S3. The van der Waals surface area contributed by atoms with Crippen LogP contribution in [0, 0.1) is 5.92 Å². The molecule has 0 atom stereocenters. The number of anilines is 1. The molecule has 1 aromatic carbocycles. The van der Waals surface area contributed by atoms with Crippen LogP contribution in [0.4, 0.5) is 5.13 Å². The van der Waals surface area contributed by atoms with Crippen LogP contribution >= 0.6 is 34.3 Å². The summed E-state index contributed by atoms with van der Waals surface area (Å²) < 4.78 is 27.8. The number of hydrogen-bond donors (Lipinski definition) is 1. The van der Waals surface area contributed by atoms with E-state index in [0.29, 0.717) is 45.8 Å². The molecule has 4 rings (SSSR count). The van der Waals surface area contributed by atoms with Crippen molar-refractivity contribution in [2.75, 3.05) is 18.4 Å². The Bertz CT molecular complexity index is 1070. The first-order valence-corrected chi connectivity index (χ1v) is 11.9. The normalized spacial score (nSPS) is 16.6. The van der Waals surface area contributed by atoms with Crippen molar-refractivity contribution in [1.29, 1.82) is 0 Å². The first-order valence-electron chi connectivity index (χ1n) is 8.35. The van der Waals surface area contributed by atoms with Gasteiger partial charge in [-0.15, -0.1) is 11.3 Å². The molecule has 142 valence electrons. The van der Waals surface area contributed by atoms with Crippen LogP contribution in [0.3, 0.4) is 0 Å². The third-order valence-electron chi connectivity index (χ3n) is 4.51. The van der Waals surface area contributed by atoms with Gasteiger partial charge in [-0.1, -0.05) is 35.1 Å². The number of thiophene rings is 1. The van der Waals surface area contributed by atoms with Crippen molar-refractivity contribution in [3.8, 4) is 0 Å². The van der Waals surface area contributed by atoms with Gasteiger partial charge < -0.3 is 5.32 Å². The van der Waals surface area contributed by atoms with Crippen LogP contribution in [0.2, 0.25) is 5.02 Å². The molecule has 3 heterocycles. The van der Waals surface area contributed by atoms with Gasteiger partial charge in [0.1, 0.15) is 9.73 Å². The molecule has 0 radical (unpaired) electrons. The number of sulfonamides is 1. The number of piperidine rings is 1. The molecule has 1 aliphatic rings. The number of benzene rings is 1. The van der Waals surface area contributed by atoms with Gasteiger partial charge in [0.25, 0.3) is 10.0 Å². The minimum atomic E-state index is -3.45. The number of halogens is 1. The summed E-state index contributed by atoms with van der Waals surface area (Å²) >= 11 is 8.71. The molecule has 10 heteroatoms. The Morgan fingerprint density at radius 3 is 2.67 bits per heavy atom. The second-order valence-electron chi connectivity index (χ2n) is 6.21.